The first-order valence-electron chi connectivity index (χ1n) is 15.4. The Bertz CT molecular complexity index is 972. The maximum Gasteiger partial charge on any atom is 0.311 e. The summed E-state index contributed by atoms with van der Waals surface area (Å²) in [5.74, 6) is -0.0947. The maximum absolute atomic E-state index is 13.9. The van der Waals surface area contributed by atoms with Gasteiger partial charge in [0, 0.05) is 5.69 Å². The van der Waals surface area contributed by atoms with Crippen molar-refractivity contribution in [3.05, 3.63) is 65.2 Å². The quantitative estimate of drug-likeness (QED) is 0.153. The molecule has 4 nitrogen and oxygen atoms in total. The normalized spacial score (nSPS) is 12.9. The van der Waals surface area contributed by atoms with E-state index < -0.39 is 5.60 Å². The van der Waals surface area contributed by atoms with E-state index in [4.69, 9.17) is 4.74 Å². The first kappa shape index (κ1) is 32.6. The number of para-hydroxylation sites is 1. The minimum atomic E-state index is -1.23. The number of hydrogen-bond acceptors (Lipinski definition) is 3. The molecule has 2 aromatic carbocycles. The topological polar surface area (TPSA) is 55.4 Å². The second kappa shape index (κ2) is 17.2. The van der Waals surface area contributed by atoms with Crippen LogP contribution in [-0.4, -0.2) is 17.5 Å². The number of esters is 1. The van der Waals surface area contributed by atoms with Gasteiger partial charge in [-0.05, 0) is 48.3 Å². The number of nitrogens with one attached hydrogen (secondary N) is 1. The number of anilines is 1. The van der Waals surface area contributed by atoms with Crippen LogP contribution in [0.25, 0.3) is 0 Å². The van der Waals surface area contributed by atoms with Crippen LogP contribution in [0.5, 0.6) is 0 Å². The van der Waals surface area contributed by atoms with Crippen LogP contribution in [0.2, 0.25) is 0 Å². The van der Waals surface area contributed by atoms with Crippen molar-refractivity contribution in [2.24, 2.45) is 0 Å². The largest absolute Gasteiger partial charge is 0.449 e. The highest BCUT2D eigenvalue weighted by molar-refractivity contribution is 5.99. The highest BCUT2D eigenvalue weighted by Gasteiger charge is 2.38. The number of amides is 1. The highest BCUT2D eigenvalue weighted by atomic mass is 16.6. The molecule has 0 aliphatic heterocycles. The predicted molar refractivity (Wildman–Crippen MR) is 164 cm³/mol. The minimum Gasteiger partial charge on any atom is -0.449 e. The Morgan fingerprint density at radius 1 is 0.744 bits per heavy atom. The molecule has 0 saturated carbocycles. The average molecular weight is 536 g/mol. The van der Waals surface area contributed by atoms with E-state index in [1.165, 1.54) is 44.9 Å². The molecule has 39 heavy (non-hydrogen) atoms. The fourth-order valence-electron chi connectivity index (χ4n) is 5.15. The Hall–Kier alpha value is -2.62. The number of hydrogen-bond donors (Lipinski definition) is 1. The fraction of sp³-hybridized carbons (Fsp3) is 0.600. The highest BCUT2D eigenvalue weighted by Crippen LogP contribution is 2.34. The van der Waals surface area contributed by atoms with Crippen molar-refractivity contribution in [3.63, 3.8) is 0 Å². The van der Waals surface area contributed by atoms with Gasteiger partial charge in [-0.25, -0.2) is 0 Å². The van der Waals surface area contributed by atoms with Gasteiger partial charge in [0.05, 0.1) is 6.42 Å². The molecule has 0 saturated heterocycles. The monoisotopic (exact) mass is 535 g/mol. The lowest BCUT2D eigenvalue weighted by Gasteiger charge is -2.30. The van der Waals surface area contributed by atoms with Crippen molar-refractivity contribution >= 4 is 17.6 Å². The number of rotatable bonds is 18. The number of carbonyl (C=O) groups excluding carboxylic acids is 2. The molecule has 4 heteroatoms. The summed E-state index contributed by atoms with van der Waals surface area (Å²) in [6.45, 7) is 12.6. The summed E-state index contributed by atoms with van der Waals surface area (Å²) in [6.07, 6.45) is 12.8. The number of benzene rings is 2. The lowest BCUT2D eigenvalue weighted by atomic mass is 9.91. The smallest absolute Gasteiger partial charge is 0.311 e. The summed E-state index contributed by atoms with van der Waals surface area (Å²) in [5.41, 5.74) is 2.72. The average Bonchev–Trinajstić information content (AvgIpc) is 2.90. The van der Waals surface area contributed by atoms with Crippen LogP contribution in [0, 0.1) is 0 Å². The fourth-order valence-corrected chi connectivity index (χ4v) is 5.15. The zero-order chi connectivity index (χ0) is 28.7. The van der Waals surface area contributed by atoms with Crippen LogP contribution in [0.4, 0.5) is 5.69 Å². The van der Waals surface area contributed by atoms with Gasteiger partial charge in [-0.2, -0.15) is 0 Å². The Morgan fingerprint density at radius 2 is 1.26 bits per heavy atom. The van der Waals surface area contributed by atoms with Crippen molar-refractivity contribution in [1.29, 1.82) is 0 Å². The zero-order valence-electron chi connectivity index (χ0n) is 25.5. The van der Waals surface area contributed by atoms with E-state index >= 15 is 0 Å². The number of ether oxygens (including phenoxy) is 1. The van der Waals surface area contributed by atoms with Gasteiger partial charge in [0.25, 0.3) is 5.91 Å². The van der Waals surface area contributed by atoms with E-state index in [0.717, 1.165) is 41.6 Å². The van der Waals surface area contributed by atoms with Crippen molar-refractivity contribution < 1.29 is 14.3 Å². The summed E-state index contributed by atoms with van der Waals surface area (Å²) >= 11 is 0. The molecular formula is C35H53NO3. The molecule has 1 unspecified atom stereocenters. The third kappa shape index (κ3) is 11.2. The summed E-state index contributed by atoms with van der Waals surface area (Å²) in [5, 5.41) is 3.22. The maximum atomic E-state index is 13.9. The van der Waals surface area contributed by atoms with Crippen molar-refractivity contribution in [1.82, 2.24) is 0 Å². The van der Waals surface area contributed by atoms with E-state index in [2.05, 4.69) is 58.1 Å². The second-order valence-corrected chi connectivity index (χ2v) is 11.9. The number of carbonyl (C=O) groups is 2. The lowest BCUT2D eigenvalue weighted by molar-refractivity contribution is -0.164. The van der Waals surface area contributed by atoms with Crippen LogP contribution in [-0.2, 0) is 20.7 Å². The molecule has 1 N–H and O–H groups in total. The van der Waals surface area contributed by atoms with Gasteiger partial charge in [-0.15, -0.1) is 0 Å². The summed E-state index contributed by atoms with van der Waals surface area (Å²) in [6, 6.07) is 15.8. The molecule has 0 aliphatic carbocycles. The van der Waals surface area contributed by atoms with Crippen LogP contribution in [0.3, 0.4) is 0 Å². The molecular weight excluding hydrogens is 482 g/mol. The molecule has 0 spiro atoms. The SMILES string of the molecule is CCCCCCCCCCCCC(C)(OC(=O)Cc1ccccc1)C(=O)Nc1c(C(C)C)cccc1C(C)C. The van der Waals surface area contributed by atoms with E-state index in [1.807, 2.05) is 30.3 Å². The molecule has 2 aromatic rings. The molecule has 0 radical (unpaired) electrons. The lowest BCUT2D eigenvalue weighted by Crippen LogP contribution is -2.45. The van der Waals surface area contributed by atoms with Gasteiger partial charge >= 0.3 is 5.97 Å². The molecule has 0 aliphatic rings. The van der Waals surface area contributed by atoms with Crippen LogP contribution < -0.4 is 5.32 Å². The van der Waals surface area contributed by atoms with Gasteiger partial charge in [0.2, 0.25) is 0 Å². The van der Waals surface area contributed by atoms with Crippen molar-refractivity contribution in [2.75, 3.05) is 5.32 Å². The summed E-state index contributed by atoms with van der Waals surface area (Å²) < 4.78 is 6.01. The van der Waals surface area contributed by atoms with Crippen LogP contribution >= 0.6 is 0 Å². The van der Waals surface area contributed by atoms with Gasteiger partial charge in [-0.3, -0.25) is 9.59 Å². The molecule has 2 rings (SSSR count). The van der Waals surface area contributed by atoms with Gasteiger partial charge in [0.15, 0.2) is 5.60 Å². The predicted octanol–water partition coefficient (Wildman–Crippen LogP) is 9.73. The Kier molecular flexibility index (Phi) is 14.3. The molecule has 0 heterocycles. The van der Waals surface area contributed by atoms with Crippen molar-refractivity contribution in [3.8, 4) is 0 Å². The Balaban J connectivity index is 2.10. The second-order valence-electron chi connectivity index (χ2n) is 11.9. The molecule has 0 fully saturated rings. The number of unbranched alkanes of at least 4 members (excludes halogenated alkanes) is 9. The minimum absolute atomic E-state index is 0.154. The standard InChI is InChI=1S/C35H53NO3/c1-7-8-9-10-11-12-13-14-15-19-25-35(6,39-32(37)26-29-21-17-16-18-22-29)34(38)36-33-30(27(2)3)23-20-24-31(33)28(4)5/h16-18,20-24,27-28H,7-15,19,25-26H2,1-6H3,(H,36,38). The van der Waals surface area contributed by atoms with Gasteiger partial charge in [0.1, 0.15) is 0 Å². The van der Waals surface area contributed by atoms with E-state index in [9.17, 15) is 9.59 Å². The molecule has 0 aromatic heterocycles. The third-order valence-corrected chi connectivity index (χ3v) is 7.63. The first-order chi connectivity index (χ1) is 18.7. The Morgan fingerprint density at radius 3 is 1.77 bits per heavy atom. The molecule has 1 atom stereocenters. The van der Waals surface area contributed by atoms with Crippen LogP contribution in [0.15, 0.2) is 48.5 Å². The Labute approximate surface area is 238 Å². The molecule has 1 amide bonds. The van der Waals surface area contributed by atoms with E-state index in [1.54, 1.807) is 6.92 Å². The van der Waals surface area contributed by atoms with E-state index in [-0.39, 0.29) is 30.1 Å². The summed E-state index contributed by atoms with van der Waals surface area (Å²) in [4.78, 5) is 26.9. The van der Waals surface area contributed by atoms with E-state index in [0.29, 0.717) is 6.42 Å². The van der Waals surface area contributed by atoms with Gasteiger partial charge < -0.3 is 10.1 Å². The zero-order valence-corrected chi connectivity index (χ0v) is 25.5. The third-order valence-electron chi connectivity index (χ3n) is 7.63. The first-order valence-corrected chi connectivity index (χ1v) is 15.4. The molecule has 216 valence electrons. The molecule has 0 bridgehead atoms. The van der Waals surface area contributed by atoms with Crippen molar-refractivity contribution in [2.45, 2.75) is 136 Å². The van der Waals surface area contributed by atoms with Crippen LogP contribution in [0.1, 0.15) is 141 Å². The van der Waals surface area contributed by atoms with Gasteiger partial charge in [-0.1, -0.05) is 141 Å². The summed E-state index contributed by atoms with van der Waals surface area (Å²) in [7, 11) is 0.